The van der Waals surface area contributed by atoms with Gasteiger partial charge < -0.3 is 29.3 Å². The molecule has 2 aliphatic heterocycles. The molecule has 1 atom stereocenters. The highest BCUT2D eigenvalue weighted by Crippen LogP contribution is 2.33. The molecule has 0 aliphatic carbocycles. The molecule has 1 unspecified atom stereocenters. The van der Waals surface area contributed by atoms with Crippen LogP contribution in [0.15, 0.2) is 27.8 Å². The second kappa shape index (κ2) is 8.50. The molecule has 2 saturated heterocycles. The van der Waals surface area contributed by atoms with Crippen LogP contribution in [0.3, 0.4) is 0 Å². The van der Waals surface area contributed by atoms with E-state index in [0.717, 1.165) is 44.1 Å². The minimum Gasteiger partial charge on any atom is -0.469 e. The second-order valence-corrected chi connectivity index (χ2v) is 6.05. The van der Waals surface area contributed by atoms with Gasteiger partial charge in [0.1, 0.15) is 11.9 Å². The van der Waals surface area contributed by atoms with Gasteiger partial charge in [-0.25, -0.2) is 0 Å². The lowest BCUT2D eigenvalue weighted by atomic mass is 10.1. The molecule has 2 fully saturated rings. The van der Waals surface area contributed by atoms with Crippen LogP contribution in [0, 0.1) is 0 Å². The van der Waals surface area contributed by atoms with Crippen LogP contribution in [0.1, 0.15) is 25.5 Å². The van der Waals surface area contributed by atoms with E-state index >= 15 is 0 Å². The molecule has 0 saturated carbocycles. The van der Waals surface area contributed by atoms with Crippen molar-refractivity contribution in [1.29, 1.82) is 0 Å². The Morgan fingerprint density at radius 1 is 1.33 bits per heavy atom. The van der Waals surface area contributed by atoms with E-state index in [1.807, 2.05) is 12.1 Å². The van der Waals surface area contributed by atoms with Crippen LogP contribution in [0.4, 0.5) is 0 Å². The minimum absolute atomic E-state index is 0.00336. The zero-order valence-corrected chi connectivity index (χ0v) is 14.3. The van der Waals surface area contributed by atoms with Gasteiger partial charge in [-0.3, -0.25) is 4.99 Å². The first-order chi connectivity index (χ1) is 11.8. The van der Waals surface area contributed by atoms with E-state index in [1.54, 1.807) is 6.26 Å². The zero-order valence-electron chi connectivity index (χ0n) is 14.3. The summed E-state index contributed by atoms with van der Waals surface area (Å²) in [7, 11) is 0. The Bertz CT molecular complexity index is 512. The number of furan rings is 1. The smallest absolute Gasteiger partial charge is 0.191 e. The van der Waals surface area contributed by atoms with E-state index in [1.165, 1.54) is 0 Å². The molecule has 0 amide bonds. The average Bonchev–Trinajstić information content (AvgIpc) is 3.24. The summed E-state index contributed by atoms with van der Waals surface area (Å²) in [6.45, 7) is 6.21. The first-order valence-electron chi connectivity index (χ1n) is 8.74. The van der Waals surface area contributed by atoms with Crippen molar-refractivity contribution in [3.63, 3.8) is 0 Å². The molecule has 24 heavy (non-hydrogen) atoms. The van der Waals surface area contributed by atoms with Crippen molar-refractivity contribution in [2.24, 2.45) is 4.99 Å². The third-order valence-electron chi connectivity index (χ3n) is 4.21. The summed E-state index contributed by atoms with van der Waals surface area (Å²) >= 11 is 0. The lowest BCUT2D eigenvalue weighted by Gasteiger charge is -2.31. The summed E-state index contributed by atoms with van der Waals surface area (Å²) in [5.41, 5.74) is 0. The monoisotopic (exact) mass is 337 g/mol. The van der Waals surface area contributed by atoms with E-state index < -0.39 is 5.79 Å². The van der Waals surface area contributed by atoms with E-state index in [-0.39, 0.29) is 6.10 Å². The summed E-state index contributed by atoms with van der Waals surface area (Å²) in [6.07, 6.45) is 4.12. The number of guanidine groups is 1. The Morgan fingerprint density at radius 2 is 2.21 bits per heavy atom. The molecule has 0 bridgehead atoms. The average molecular weight is 337 g/mol. The van der Waals surface area contributed by atoms with Gasteiger partial charge in [0.25, 0.3) is 0 Å². The Morgan fingerprint density at radius 3 is 2.96 bits per heavy atom. The Balaban J connectivity index is 1.45. The van der Waals surface area contributed by atoms with Crippen LogP contribution in [-0.2, 0) is 20.6 Å². The van der Waals surface area contributed by atoms with E-state index in [4.69, 9.17) is 18.6 Å². The molecule has 1 spiro atoms. The number of nitrogens with one attached hydrogen (secondary N) is 2. The lowest BCUT2D eigenvalue weighted by Crippen LogP contribution is -2.39. The van der Waals surface area contributed by atoms with Gasteiger partial charge in [0.2, 0.25) is 0 Å². The fourth-order valence-corrected chi connectivity index (χ4v) is 2.94. The molecular formula is C17H27N3O4. The summed E-state index contributed by atoms with van der Waals surface area (Å²) in [5, 5.41) is 6.57. The number of nitrogens with zero attached hydrogens (tertiary/aromatic N) is 1. The van der Waals surface area contributed by atoms with Gasteiger partial charge >= 0.3 is 0 Å². The Kier molecular flexibility index (Phi) is 6.12. The van der Waals surface area contributed by atoms with Crippen molar-refractivity contribution in [2.45, 2.75) is 38.1 Å². The van der Waals surface area contributed by atoms with Gasteiger partial charge in [-0.1, -0.05) is 0 Å². The van der Waals surface area contributed by atoms with Gasteiger partial charge in [0, 0.05) is 32.4 Å². The molecule has 1 aromatic heterocycles. The van der Waals surface area contributed by atoms with Gasteiger partial charge in [-0.05, 0) is 19.1 Å². The standard InChI is InChI=1S/C17H27N3O4/c1-2-18-16(19-8-5-14-4-3-9-22-14)20-12-15-13-23-17(24-15)6-10-21-11-7-17/h3-4,9,15H,2,5-8,10-13H2,1H3,(H2,18,19,20). The number of rotatable bonds is 6. The molecule has 3 rings (SSSR count). The molecule has 134 valence electrons. The molecule has 3 heterocycles. The molecule has 0 radical (unpaired) electrons. The van der Waals surface area contributed by atoms with Crippen molar-refractivity contribution in [2.75, 3.05) is 39.5 Å². The lowest BCUT2D eigenvalue weighted by molar-refractivity contribution is -0.210. The van der Waals surface area contributed by atoms with Gasteiger partial charge in [0.15, 0.2) is 11.7 Å². The molecular weight excluding hydrogens is 310 g/mol. The van der Waals surface area contributed by atoms with E-state index in [9.17, 15) is 0 Å². The van der Waals surface area contributed by atoms with Crippen molar-refractivity contribution >= 4 is 5.96 Å². The maximum Gasteiger partial charge on any atom is 0.191 e. The van der Waals surface area contributed by atoms with Gasteiger partial charge in [-0.15, -0.1) is 0 Å². The van der Waals surface area contributed by atoms with Crippen molar-refractivity contribution < 1.29 is 18.6 Å². The quantitative estimate of drug-likeness (QED) is 0.602. The molecule has 0 aromatic carbocycles. The molecule has 2 N–H and O–H groups in total. The number of ether oxygens (including phenoxy) is 3. The maximum atomic E-state index is 6.10. The normalized spacial score (nSPS) is 23.5. The number of hydrogen-bond donors (Lipinski definition) is 2. The van der Waals surface area contributed by atoms with Crippen LogP contribution in [-0.4, -0.2) is 57.3 Å². The molecule has 7 heteroatoms. The van der Waals surface area contributed by atoms with E-state index in [0.29, 0.717) is 26.4 Å². The predicted octanol–water partition coefficient (Wildman–Crippen LogP) is 1.30. The van der Waals surface area contributed by atoms with Crippen molar-refractivity contribution in [3.05, 3.63) is 24.2 Å². The number of aliphatic imine (C=N–C) groups is 1. The molecule has 1 aromatic rings. The first kappa shape index (κ1) is 17.3. The van der Waals surface area contributed by atoms with Crippen molar-refractivity contribution in [1.82, 2.24) is 10.6 Å². The molecule has 2 aliphatic rings. The van der Waals surface area contributed by atoms with Crippen molar-refractivity contribution in [3.8, 4) is 0 Å². The van der Waals surface area contributed by atoms with Crippen LogP contribution in [0.5, 0.6) is 0 Å². The minimum atomic E-state index is -0.441. The first-order valence-corrected chi connectivity index (χ1v) is 8.74. The largest absolute Gasteiger partial charge is 0.469 e. The Hall–Kier alpha value is -1.57. The highest BCUT2D eigenvalue weighted by molar-refractivity contribution is 5.79. The number of hydrogen-bond acceptors (Lipinski definition) is 5. The molecule has 7 nitrogen and oxygen atoms in total. The SMILES string of the molecule is CCNC(=NCC1COC2(CCOCC2)O1)NCCc1ccco1. The maximum absolute atomic E-state index is 6.10. The van der Waals surface area contributed by atoms with Crippen LogP contribution < -0.4 is 10.6 Å². The Labute approximate surface area is 142 Å². The summed E-state index contributed by atoms with van der Waals surface area (Å²) < 4.78 is 22.7. The van der Waals surface area contributed by atoms with E-state index in [2.05, 4.69) is 22.5 Å². The fraction of sp³-hybridized carbons (Fsp3) is 0.706. The second-order valence-electron chi connectivity index (χ2n) is 6.05. The van der Waals surface area contributed by atoms with Crippen LogP contribution in [0.2, 0.25) is 0 Å². The van der Waals surface area contributed by atoms with Crippen LogP contribution >= 0.6 is 0 Å². The third-order valence-corrected chi connectivity index (χ3v) is 4.21. The third kappa shape index (κ3) is 4.72. The van der Waals surface area contributed by atoms with Gasteiger partial charge in [0.05, 0.1) is 32.6 Å². The zero-order chi connectivity index (χ0) is 16.7. The highest BCUT2D eigenvalue weighted by Gasteiger charge is 2.42. The summed E-state index contributed by atoms with van der Waals surface area (Å²) in [4.78, 5) is 4.62. The van der Waals surface area contributed by atoms with Crippen LogP contribution in [0.25, 0.3) is 0 Å². The predicted molar refractivity (Wildman–Crippen MR) is 90.0 cm³/mol. The topological polar surface area (TPSA) is 77.3 Å². The van der Waals surface area contributed by atoms with Gasteiger partial charge in [-0.2, -0.15) is 0 Å². The summed E-state index contributed by atoms with van der Waals surface area (Å²) in [5.74, 6) is 1.32. The summed E-state index contributed by atoms with van der Waals surface area (Å²) in [6, 6.07) is 3.88. The highest BCUT2D eigenvalue weighted by atomic mass is 16.7. The fourth-order valence-electron chi connectivity index (χ4n) is 2.94.